The highest BCUT2D eigenvalue weighted by atomic mass is 16.6. The van der Waals surface area contributed by atoms with E-state index in [0.29, 0.717) is 29.2 Å². The van der Waals surface area contributed by atoms with Gasteiger partial charge in [0, 0.05) is 22.8 Å². The van der Waals surface area contributed by atoms with Gasteiger partial charge in [0.15, 0.2) is 0 Å². The minimum atomic E-state index is -1.50. The van der Waals surface area contributed by atoms with Gasteiger partial charge in [0.1, 0.15) is 49.3 Å². The number of rotatable bonds is 11. The molecule has 3 unspecified atom stereocenters. The fraction of sp³-hybridized carbons (Fsp3) is 0.257. The second kappa shape index (κ2) is 11.8. The molecular formula is C35H32O8. The molecule has 1 N–H and O–H groups in total. The summed E-state index contributed by atoms with van der Waals surface area (Å²) in [4.78, 5) is 24.7. The number of benzene rings is 4. The highest BCUT2D eigenvalue weighted by molar-refractivity contribution is 5.93. The average Bonchev–Trinajstić information content (AvgIpc) is 3.05. The molecule has 3 aliphatic carbocycles. The Morgan fingerprint density at radius 2 is 1.47 bits per heavy atom. The average molecular weight is 581 g/mol. The Labute approximate surface area is 249 Å². The molecule has 3 aliphatic rings. The zero-order valence-corrected chi connectivity index (χ0v) is 23.8. The summed E-state index contributed by atoms with van der Waals surface area (Å²) < 4.78 is 28.0. The van der Waals surface area contributed by atoms with Crippen molar-refractivity contribution in [2.24, 2.45) is 5.92 Å². The lowest BCUT2D eigenvalue weighted by atomic mass is 9.56. The van der Waals surface area contributed by atoms with Crippen LogP contribution in [0.3, 0.4) is 0 Å². The third-order valence-electron chi connectivity index (χ3n) is 8.23. The lowest BCUT2D eigenvalue weighted by molar-refractivity contribution is -0.160. The van der Waals surface area contributed by atoms with Crippen molar-refractivity contribution in [1.82, 2.24) is 0 Å². The van der Waals surface area contributed by atoms with Gasteiger partial charge in [0.25, 0.3) is 0 Å². The van der Waals surface area contributed by atoms with E-state index in [0.717, 1.165) is 33.5 Å². The molecule has 0 aromatic heterocycles. The number of aliphatic hydroxyl groups is 1. The van der Waals surface area contributed by atoms with Crippen LogP contribution >= 0.6 is 0 Å². The predicted molar refractivity (Wildman–Crippen MR) is 159 cm³/mol. The molecule has 0 aliphatic heterocycles. The molecule has 0 amide bonds. The van der Waals surface area contributed by atoms with Gasteiger partial charge in [-0.25, -0.2) is 4.79 Å². The van der Waals surface area contributed by atoms with E-state index < -0.39 is 23.5 Å². The van der Waals surface area contributed by atoms with Crippen molar-refractivity contribution in [1.29, 1.82) is 0 Å². The zero-order valence-electron chi connectivity index (χ0n) is 23.8. The first-order chi connectivity index (χ1) is 21.0. The van der Waals surface area contributed by atoms with Gasteiger partial charge in [0.2, 0.25) is 0 Å². The Morgan fingerprint density at radius 1 is 0.837 bits per heavy atom. The van der Waals surface area contributed by atoms with Crippen LogP contribution in [0.15, 0.2) is 91.5 Å². The van der Waals surface area contributed by atoms with Gasteiger partial charge < -0.3 is 28.8 Å². The van der Waals surface area contributed by atoms with Crippen molar-refractivity contribution < 1.29 is 38.4 Å². The van der Waals surface area contributed by atoms with Gasteiger partial charge in [-0.2, -0.15) is 0 Å². The van der Waals surface area contributed by atoms with E-state index in [-0.39, 0.29) is 32.3 Å². The molecule has 4 aromatic rings. The molecule has 43 heavy (non-hydrogen) atoms. The molecule has 4 aromatic carbocycles. The van der Waals surface area contributed by atoms with Gasteiger partial charge in [-0.1, -0.05) is 61.2 Å². The fourth-order valence-electron chi connectivity index (χ4n) is 6.31. The van der Waals surface area contributed by atoms with E-state index in [4.69, 9.17) is 23.7 Å². The summed E-state index contributed by atoms with van der Waals surface area (Å²) in [5.41, 5.74) is 1.96. The lowest BCUT2D eigenvalue weighted by Crippen LogP contribution is -2.50. The van der Waals surface area contributed by atoms with Gasteiger partial charge in [-0.15, -0.1) is 0 Å². The first-order valence-electron chi connectivity index (χ1n) is 14.2. The van der Waals surface area contributed by atoms with Crippen LogP contribution in [0.5, 0.6) is 17.2 Å². The summed E-state index contributed by atoms with van der Waals surface area (Å²) in [6, 6.07) is 24.6. The van der Waals surface area contributed by atoms with Gasteiger partial charge >= 0.3 is 11.9 Å². The van der Waals surface area contributed by atoms with Crippen molar-refractivity contribution in [3.8, 4) is 17.2 Å². The molecule has 220 valence electrons. The molecule has 2 bridgehead atoms. The molecular weight excluding hydrogens is 548 g/mol. The maximum Gasteiger partial charge on any atom is 0.330 e. The molecule has 8 nitrogen and oxygen atoms in total. The topological polar surface area (TPSA) is 101 Å². The largest absolute Gasteiger partial charge is 0.497 e. The van der Waals surface area contributed by atoms with E-state index in [1.165, 1.54) is 0 Å². The van der Waals surface area contributed by atoms with Crippen LogP contribution in [0, 0.1) is 5.92 Å². The maximum atomic E-state index is 13.5. The molecule has 0 saturated heterocycles. The van der Waals surface area contributed by atoms with Crippen LogP contribution < -0.4 is 14.2 Å². The minimum absolute atomic E-state index is 0.0223. The molecule has 0 saturated carbocycles. The first-order valence-corrected chi connectivity index (χ1v) is 14.2. The summed E-state index contributed by atoms with van der Waals surface area (Å²) in [5, 5.41) is 13.9. The number of fused-ring (bicyclic) bond motifs is 2. The normalized spacial score (nSPS) is 19.6. The van der Waals surface area contributed by atoms with Crippen molar-refractivity contribution in [2.45, 2.75) is 17.9 Å². The summed E-state index contributed by atoms with van der Waals surface area (Å²) >= 11 is 0. The second-order valence-electron chi connectivity index (χ2n) is 10.5. The van der Waals surface area contributed by atoms with Crippen LogP contribution in [0.2, 0.25) is 0 Å². The van der Waals surface area contributed by atoms with Crippen LogP contribution in [-0.4, -0.2) is 50.6 Å². The van der Waals surface area contributed by atoms with Crippen LogP contribution in [0.1, 0.15) is 34.6 Å². The van der Waals surface area contributed by atoms with E-state index in [2.05, 4.69) is 6.58 Å². The number of hydrogen-bond donors (Lipinski definition) is 1. The van der Waals surface area contributed by atoms with Crippen molar-refractivity contribution in [2.75, 3.05) is 33.5 Å². The van der Waals surface area contributed by atoms with Crippen LogP contribution in [-0.2, 0) is 24.7 Å². The van der Waals surface area contributed by atoms with E-state index in [9.17, 15) is 14.7 Å². The first kappa shape index (κ1) is 28.3. The van der Waals surface area contributed by atoms with Crippen molar-refractivity contribution >= 4 is 22.7 Å². The smallest absolute Gasteiger partial charge is 0.330 e. The molecule has 0 spiro atoms. The number of carbonyl (C=O) groups excluding carboxylic acids is 2. The number of esters is 2. The highest BCUT2D eigenvalue weighted by Gasteiger charge is 2.56. The van der Waals surface area contributed by atoms with E-state index in [1.807, 2.05) is 66.7 Å². The maximum absolute atomic E-state index is 13.5. The fourth-order valence-corrected chi connectivity index (χ4v) is 6.31. The SMILES string of the molecule is C=CC(=O)OCCOc1ccc(OCCOC(=O)C2CC3c4ccccc4C2(O)c2ccc(OC)cc23)c2ccccc12. The van der Waals surface area contributed by atoms with Gasteiger partial charge in [-0.3, -0.25) is 4.79 Å². The molecule has 3 atom stereocenters. The van der Waals surface area contributed by atoms with Gasteiger partial charge in [-0.05, 0) is 52.9 Å². The molecule has 7 rings (SSSR count). The van der Waals surface area contributed by atoms with E-state index >= 15 is 0 Å². The molecule has 0 fully saturated rings. The molecule has 0 heterocycles. The molecule has 8 heteroatoms. The Hall–Kier alpha value is -4.82. The quantitative estimate of drug-likeness (QED) is 0.145. The second-order valence-corrected chi connectivity index (χ2v) is 10.5. The monoisotopic (exact) mass is 580 g/mol. The van der Waals surface area contributed by atoms with E-state index in [1.54, 1.807) is 19.2 Å². The predicted octanol–water partition coefficient (Wildman–Crippen LogP) is 5.28. The number of hydrogen-bond acceptors (Lipinski definition) is 8. The Balaban J connectivity index is 1.12. The molecule has 0 radical (unpaired) electrons. The van der Waals surface area contributed by atoms with Crippen LogP contribution in [0.4, 0.5) is 0 Å². The highest BCUT2D eigenvalue weighted by Crippen LogP contribution is 2.58. The Bertz CT molecular complexity index is 1690. The summed E-state index contributed by atoms with van der Waals surface area (Å²) in [6.45, 7) is 3.82. The van der Waals surface area contributed by atoms with Crippen LogP contribution in [0.25, 0.3) is 10.8 Å². The zero-order chi connectivity index (χ0) is 30.0. The Kier molecular flexibility index (Phi) is 7.78. The summed E-state index contributed by atoms with van der Waals surface area (Å²) in [6.07, 6.45) is 1.54. The Morgan fingerprint density at radius 3 is 2.14 bits per heavy atom. The third kappa shape index (κ3) is 5.08. The summed E-state index contributed by atoms with van der Waals surface area (Å²) in [7, 11) is 1.62. The van der Waals surface area contributed by atoms with Crippen molar-refractivity contribution in [3.05, 3.63) is 114 Å². The number of ether oxygens (including phenoxy) is 5. The standard InChI is InChI=1S/C35H32O8/c1-3-33(36)42-18-16-40-31-14-15-32(25-10-5-4-9-24(25)31)41-17-19-43-34(37)30-21-26-23-8-6-7-11-28(23)35(30,38)29-13-12-22(39-2)20-27(26)29/h3-15,20,26,30,38H,1,16-19,21H2,2H3. The van der Waals surface area contributed by atoms with Crippen molar-refractivity contribution in [3.63, 3.8) is 0 Å². The minimum Gasteiger partial charge on any atom is -0.497 e. The third-order valence-corrected chi connectivity index (χ3v) is 8.23. The van der Waals surface area contributed by atoms with Gasteiger partial charge in [0.05, 0.1) is 13.0 Å². The number of carbonyl (C=O) groups is 2. The number of methoxy groups -OCH3 is 1. The summed E-state index contributed by atoms with van der Waals surface area (Å²) in [5.74, 6) is 0.189. The lowest BCUT2D eigenvalue weighted by Gasteiger charge is -2.50.